The number of carbonyl (C=O) groups is 1. The summed E-state index contributed by atoms with van der Waals surface area (Å²) < 4.78 is 0. The van der Waals surface area contributed by atoms with E-state index in [1.807, 2.05) is 38.1 Å². The molecule has 22 heavy (non-hydrogen) atoms. The molecule has 0 aliphatic rings. The molecule has 5 nitrogen and oxygen atoms in total. The van der Waals surface area contributed by atoms with Crippen LogP contribution in [0.3, 0.4) is 0 Å². The van der Waals surface area contributed by atoms with Crippen molar-refractivity contribution in [1.29, 1.82) is 0 Å². The van der Waals surface area contributed by atoms with Gasteiger partial charge in [-0.25, -0.2) is 0 Å². The molecular formula is C17H18N2O3. The Morgan fingerprint density at radius 3 is 2.32 bits per heavy atom. The van der Waals surface area contributed by atoms with Crippen LogP contribution < -0.4 is 4.90 Å². The minimum absolute atomic E-state index is 0.0225. The molecule has 0 N–H and O–H groups in total. The maximum absolute atomic E-state index is 12.5. The van der Waals surface area contributed by atoms with Crippen molar-refractivity contribution >= 4 is 17.3 Å². The van der Waals surface area contributed by atoms with Crippen LogP contribution in [0.15, 0.2) is 48.5 Å². The molecular weight excluding hydrogens is 280 g/mol. The van der Waals surface area contributed by atoms with Gasteiger partial charge in [0.25, 0.3) is 5.69 Å². The first-order chi connectivity index (χ1) is 10.5. The highest BCUT2D eigenvalue weighted by Gasteiger charge is 2.16. The van der Waals surface area contributed by atoms with Gasteiger partial charge in [-0.2, -0.15) is 0 Å². The lowest BCUT2D eigenvalue weighted by molar-refractivity contribution is -0.384. The van der Waals surface area contributed by atoms with Gasteiger partial charge in [0.15, 0.2) is 0 Å². The summed E-state index contributed by atoms with van der Waals surface area (Å²) in [6.45, 7) is 4.48. The van der Waals surface area contributed by atoms with E-state index in [1.54, 1.807) is 17.0 Å². The van der Waals surface area contributed by atoms with Crippen LogP contribution >= 0.6 is 0 Å². The molecule has 1 amide bonds. The van der Waals surface area contributed by atoms with Gasteiger partial charge in [0.2, 0.25) is 5.91 Å². The lowest BCUT2D eigenvalue weighted by Crippen LogP contribution is -2.32. The van der Waals surface area contributed by atoms with Crippen LogP contribution in [0, 0.1) is 17.0 Å². The number of amides is 1. The minimum atomic E-state index is -0.447. The molecule has 0 spiro atoms. The fraction of sp³-hybridized carbons (Fsp3) is 0.235. The Labute approximate surface area is 129 Å². The molecule has 0 saturated heterocycles. The van der Waals surface area contributed by atoms with Crippen LogP contribution in [0.2, 0.25) is 0 Å². The third-order valence-corrected chi connectivity index (χ3v) is 3.53. The number of hydrogen-bond donors (Lipinski definition) is 0. The van der Waals surface area contributed by atoms with Crippen LogP contribution in [-0.2, 0) is 11.2 Å². The van der Waals surface area contributed by atoms with Gasteiger partial charge in [0.05, 0.1) is 11.3 Å². The normalized spacial score (nSPS) is 10.3. The number of para-hydroxylation sites is 1. The quantitative estimate of drug-likeness (QED) is 0.627. The Morgan fingerprint density at radius 1 is 1.14 bits per heavy atom. The number of rotatable bonds is 5. The second-order valence-electron chi connectivity index (χ2n) is 5.02. The lowest BCUT2D eigenvalue weighted by atomic mass is 10.1. The van der Waals surface area contributed by atoms with Crippen molar-refractivity contribution in [2.24, 2.45) is 0 Å². The fourth-order valence-corrected chi connectivity index (χ4v) is 2.35. The van der Waals surface area contributed by atoms with Crippen molar-refractivity contribution in [3.05, 3.63) is 69.8 Å². The first kappa shape index (κ1) is 15.7. The SMILES string of the molecule is CCN(C(=O)Cc1ccc([N+](=O)[O-])cc1)c1ccccc1C. The van der Waals surface area contributed by atoms with E-state index in [2.05, 4.69) is 0 Å². The van der Waals surface area contributed by atoms with Gasteiger partial charge in [0, 0.05) is 24.4 Å². The molecule has 0 saturated carbocycles. The van der Waals surface area contributed by atoms with Gasteiger partial charge in [-0.3, -0.25) is 14.9 Å². The van der Waals surface area contributed by atoms with Crippen LogP contribution in [-0.4, -0.2) is 17.4 Å². The minimum Gasteiger partial charge on any atom is -0.312 e. The number of hydrogen-bond acceptors (Lipinski definition) is 3. The third kappa shape index (κ3) is 3.49. The molecule has 0 heterocycles. The van der Waals surface area contributed by atoms with Gasteiger partial charge in [-0.05, 0) is 31.0 Å². The predicted molar refractivity (Wildman–Crippen MR) is 86.0 cm³/mol. The van der Waals surface area contributed by atoms with E-state index in [1.165, 1.54) is 12.1 Å². The van der Waals surface area contributed by atoms with Crippen LogP contribution in [0.1, 0.15) is 18.1 Å². The Hall–Kier alpha value is -2.69. The second-order valence-corrected chi connectivity index (χ2v) is 5.02. The zero-order valence-corrected chi connectivity index (χ0v) is 12.7. The van der Waals surface area contributed by atoms with Gasteiger partial charge < -0.3 is 4.90 Å². The van der Waals surface area contributed by atoms with Crippen molar-refractivity contribution in [3.8, 4) is 0 Å². The molecule has 2 aromatic rings. The molecule has 0 atom stereocenters. The molecule has 2 aromatic carbocycles. The highest BCUT2D eigenvalue weighted by molar-refractivity contribution is 5.95. The predicted octanol–water partition coefficient (Wildman–Crippen LogP) is 3.50. The summed E-state index contributed by atoms with van der Waals surface area (Å²) in [4.78, 5) is 24.4. The number of carbonyl (C=O) groups excluding carboxylic acids is 1. The number of likely N-dealkylation sites (N-methyl/N-ethyl adjacent to an activating group) is 1. The molecule has 0 aliphatic heterocycles. The van der Waals surface area contributed by atoms with Crippen molar-refractivity contribution in [2.75, 3.05) is 11.4 Å². The fourth-order valence-electron chi connectivity index (χ4n) is 2.35. The number of nitro groups is 1. The topological polar surface area (TPSA) is 63.5 Å². The van der Waals surface area contributed by atoms with E-state index >= 15 is 0 Å². The largest absolute Gasteiger partial charge is 0.312 e. The smallest absolute Gasteiger partial charge is 0.269 e. The van der Waals surface area contributed by atoms with Crippen molar-refractivity contribution in [3.63, 3.8) is 0 Å². The van der Waals surface area contributed by atoms with Gasteiger partial charge in [0.1, 0.15) is 0 Å². The molecule has 0 aliphatic carbocycles. The maximum Gasteiger partial charge on any atom is 0.269 e. The first-order valence-corrected chi connectivity index (χ1v) is 7.12. The van der Waals surface area contributed by atoms with Crippen LogP contribution in [0.4, 0.5) is 11.4 Å². The summed E-state index contributed by atoms with van der Waals surface area (Å²) in [6, 6.07) is 13.8. The van der Waals surface area contributed by atoms with Crippen molar-refractivity contribution in [2.45, 2.75) is 20.3 Å². The lowest BCUT2D eigenvalue weighted by Gasteiger charge is -2.23. The Balaban J connectivity index is 2.16. The highest BCUT2D eigenvalue weighted by Crippen LogP contribution is 2.20. The van der Waals surface area contributed by atoms with E-state index in [9.17, 15) is 14.9 Å². The standard InChI is InChI=1S/C17H18N2O3/c1-3-18(16-7-5-4-6-13(16)2)17(20)12-14-8-10-15(11-9-14)19(21)22/h4-11H,3,12H2,1-2H3. The molecule has 114 valence electrons. The average molecular weight is 298 g/mol. The number of non-ortho nitro benzene ring substituents is 1. The molecule has 0 unspecified atom stereocenters. The Bertz CT molecular complexity index is 681. The zero-order chi connectivity index (χ0) is 16.1. The van der Waals surface area contributed by atoms with Crippen molar-refractivity contribution in [1.82, 2.24) is 0 Å². The van der Waals surface area contributed by atoms with Gasteiger partial charge in [-0.15, -0.1) is 0 Å². The van der Waals surface area contributed by atoms with Crippen molar-refractivity contribution < 1.29 is 9.72 Å². The van der Waals surface area contributed by atoms with Crippen LogP contribution in [0.5, 0.6) is 0 Å². The molecule has 0 aromatic heterocycles. The summed E-state index contributed by atoms with van der Waals surface area (Å²) in [7, 11) is 0. The molecule has 2 rings (SSSR count). The molecule has 0 bridgehead atoms. The average Bonchev–Trinajstić information content (AvgIpc) is 2.50. The monoisotopic (exact) mass is 298 g/mol. The number of benzene rings is 2. The molecule has 0 fully saturated rings. The number of nitro benzene ring substituents is 1. The highest BCUT2D eigenvalue weighted by atomic mass is 16.6. The Kier molecular flexibility index (Phi) is 4.88. The summed E-state index contributed by atoms with van der Waals surface area (Å²) in [5.41, 5.74) is 2.74. The number of nitrogens with zero attached hydrogens (tertiary/aromatic N) is 2. The zero-order valence-electron chi connectivity index (χ0n) is 12.7. The number of aryl methyl sites for hydroxylation is 1. The second kappa shape index (κ2) is 6.85. The van der Waals surface area contributed by atoms with E-state index in [-0.39, 0.29) is 18.0 Å². The Morgan fingerprint density at radius 2 is 1.77 bits per heavy atom. The molecule has 0 radical (unpaired) electrons. The maximum atomic E-state index is 12.5. The first-order valence-electron chi connectivity index (χ1n) is 7.12. The third-order valence-electron chi connectivity index (χ3n) is 3.53. The summed E-state index contributed by atoms with van der Waals surface area (Å²) in [5.74, 6) is -0.0225. The number of anilines is 1. The van der Waals surface area contributed by atoms with Gasteiger partial charge in [-0.1, -0.05) is 30.3 Å². The van der Waals surface area contributed by atoms with Gasteiger partial charge >= 0.3 is 0 Å². The molecule has 5 heteroatoms. The summed E-state index contributed by atoms with van der Waals surface area (Å²) >= 11 is 0. The van der Waals surface area contributed by atoms with E-state index < -0.39 is 4.92 Å². The summed E-state index contributed by atoms with van der Waals surface area (Å²) in [6.07, 6.45) is 0.222. The van der Waals surface area contributed by atoms with Crippen LogP contribution in [0.25, 0.3) is 0 Å². The van der Waals surface area contributed by atoms with E-state index in [0.717, 1.165) is 16.8 Å². The summed E-state index contributed by atoms with van der Waals surface area (Å²) in [5, 5.41) is 10.6. The van der Waals surface area contributed by atoms with E-state index in [4.69, 9.17) is 0 Å². The van der Waals surface area contributed by atoms with E-state index in [0.29, 0.717) is 6.54 Å².